The number of halogens is 4. The number of hydrogen-bond donors (Lipinski definition) is 2. The van der Waals surface area contributed by atoms with E-state index >= 15 is 0 Å². The third kappa shape index (κ3) is 3.57. The molecular formula is C23H28F4N6O2S. The lowest BCUT2D eigenvalue weighted by molar-refractivity contribution is -0.107. The number of nitrogens with zero attached hydrogens (tertiary/aromatic N) is 4. The van der Waals surface area contributed by atoms with Gasteiger partial charge in [0.15, 0.2) is 0 Å². The van der Waals surface area contributed by atoms with Crippen LogP contribution in [-0.2, 0) is 10.0 Å². The zero-order valence-corrected chi connectivity index (χ0v) is 20.4. The molecule has 2 aromatic rings. The van der Waals surface area contributed by atoms with Crippen LogP contribution in [0.3, 0.4) is 0 Å². The fraction of sp³-hybridized carbons (Fsp3) is 0.652. The maximum absolute atomic E-state index is 14.8. The summed E-state index contributed by atoms with van der Waals surface area (Å²) in [4.78, 5) is 10.7. The smallest absolute Gasteiger partial charge is 0.274 e. The molecule has 8 nitrogen and oxygen atoms in total. The molecule has 13 heteroatoms. The molecule has 0 amide bonds. The molecule has 36 heavy (non-hydrogen) atoms. The van der Waals surface area contributed by atoms with Gasteiger partial charge in [-0.05, 0) is 31.7 Å². The Morgan fingerprint density at radius 3 is 2.42 bits per heavy atom. The first kappa shape index (κ1) is 24.1. The highest BCUT2D eigenvalue weighted by Crippen LogP contribution is 2.50. The van der Waals surface area contributed by atoms with E-state index in [2.05, 4.69) is 20.6 Å². The van der Waals surface area contributed by atoms with Crippen LogP contribution in [0.1, 0.15) is 25.7 Å². The molecule has 0 atom stereocenters. The summed E-state index contributed by atoms with van der Waals surface area (Å²) in [5.74, 6) is -2.47. The summed E-state index contributed by atoms with van der Waals surface area (Å²) >= 11 is 0. The number of anilines is 2. The first-order valence-corrected chi connectivity index (χ1v) is 13.6. The van der Waals surface area contributed by atoms with Crippen LogP contribution in [0.2, 0.25) is 0 Å². The second-order valence-electron chi connectivity index (χ2n) is 10.5. The molecule has 4 heterocycles. The standard InChI is InChI=1S/C23H28F4N6O2S/c24-19(25)22(6-7-22)36(34,35)33-8-4-16(5-9-33)30-20-29-10-15-2-1-3-17(18(15)31-20)32-13-21(11-28-12-21)23(26,27)14-32/h1-3,10,16,19,28H,4-9,11-14H2,(H,29,30,31). The quantitative estimate of drug-likeness (QED) is 0.558. The van der Waals surface area contributed by atoms with Gasteiger partial charge in [-0.1, -0.05) is 12.1 Å². The van der Waals surface area contributed by atoms with Crippen LogP contribution in [0.15, 0.2) is 24.4 Å². The third-order valence-electron chi connectivity index (χ3n) is 8.30. The van der Waals surface area contributed by atoms with Crippen molar-refractivity contribution in [3.8, 4) is 0 Å². The molecule has 1 spiro atoms. The van der Waals surface area contributed by atoms with Gasteiger partial charge >= 0.3 is 0 Å². The highest BCUT2D eigenvalue weighted by molar-refractivity contribution is 7.90. The number of nitrogens with one attached hydrogen (secondary N) is 2. The minimum atomic E-state index is -4.05. The Morgan fingerprint density at radius 2 is 1.83 bits per heavy atom. The van der Waals surface area contributed by atoms with Gasteiger partial charge in [0, 0.05) is 50.3 Å². The van der Waals surface area contributed by atoms with Crippen molar-refractivity contribution in [2.75, 3.05) is 49.5 Å². The SMILES string of the molecule is O=S(=O)(N1CCC(Nc2ncc3cccc(N4CC(F)(F)C5(CNC5)C4)c3n2)CC1)C1(C(F)F)CC1. The van der Waals surface area contributed by atoms with Crippen LogP contribution < -0.4 is 15.5 Å². The number of rotatable bonds is 6. The van der Waals surface area contributed by atoms with Crippen LogP contribution in [-0.4, -0.2) is 85.1 Å². The van der Waals surface area contributed by atoms with Gasteiger partial charge in [0.1, 0.15) is 4.75 Å². The molecule has 1 aromatic carbocycles. The number of alkyl halides is 4. The molecule has 1 saturated carbocycles. The van der Waals surface area contributed by atoms with Gasteiger partial charge in [0.2, 0.25) is 16.0 Å². The van der Waals surface area contributed by atoms with E-state index in [1.165, 1.54) is 4.31 Å². The Kier molecular flexibility index (Phi) is 5.44. The molecule has 1 aromatic heterocycles. The Balaban J connectivity index is 1.17. The topological polar surface area (TPSA) is 90.5 Å². The summed E-state index contributed by atoms with van der Waals surface area (Å²) in [5, 5.41) is 6.93. The largest absolute Gasteiger partial charge is 0.363 e. The number of piperidine rings is 1. The molecule has 1 aliphatic carbocycles. The molecule has 196 valence electrons. The summed E-state index contributed by atoms with van der Waals surface area (Å²) < 4.78 is 81.1. The van der Waals surface area contributed by atoms with E-state index in [0.29, 0.717) is 30.0 Å². The highest BCUT2D eigenvalue weighted by atomic mass is 32.2. The Bertz CT molecular complexity index is 1280. The van der Waals surface area contributed by atoms with E-state index < -0.39 is 32.5 Å². The van der Waals surface area contributed by atoms with Gasteiger partial charge in [-0.15, -0.1) is 0 Å². The molecule has 3 saturated heterocycles. The van der Waals surface area contributed by atoms with Crippen molar-refractivity contribution < 1.29 is 26.0 Å². The van der Waals surface area contributed by atoms with E-state index in [-0.39, 0.29) is 58.2 Å². The molecule has 3 aliphatic heterocycles. The van der Waals surface area contributed by atoms with Gasteiger partial charge in [-0.3, -0.25) is 0 Å². The summed E-state index contributed by atoms with van der Waals surface area (Å²) in [6, 6.07) is 5.29. The lowest BCUT2D eigenvalue weighted by atomic mass is 9.78. The molecule has 0 radical (unpaired) electrons. The average Bonchev–Trinajstić information content (AvgIpc) is 3.58. The van der Waals surface area contributed by atoms with Gasteiger partial charge in [-0.25, -0.2) is 40.3 Å². The first-order chi connectivity index (χ1) is 17.1. The zero-order valence-electron chi connectivity index (χ0n) is 19.6. The number of sulfonamides is 1. The van der Waals surface area contributed by atoms with Crippen LogP contribution in [0.5, 0.6) is 0 Å². The normalized spacial score (nSPS) is 25.4. The predicted octanol–water partition coefficient (Wildman–Crippen LogP) is 2.68. The van der Waals surface area contributed by atoms with Crippen molar-refractivity contribution in [1.29, 1.82) is 0 Å². The van der Waals surface area contributed by atoms with Crippen molar-refractivity contribution in [1.82, 2.24) is 19.6 Å². The Hall–Kier alpha value is -2.25. The first-order valence-electron chi connectivity index (χ1n) is 12.2. The van der Waals surface area contributed by atoms with Crippen molar-refractivity contribution >= 4 is 32.6 Å². The summed E-state index contributed by atoms with van der Waals surface area (Å²) in [7, 11) is -4.05. The monoisotopic (exact) mass is 528 g/mol. The van der Waals surface area contributed by atoms with E-state index in [4.69, 9.17) is 0 Å². The molecule has 4 fully saturated rings. The molecule has 0 unspecified atom stereocenters. The van der Waals surface area contributed by atoms with Crippen LogP contribution >= 0.6 is 0 Å². The molecule has 0 bridgehead atoms. The van der Waals surface area contributed by atoms with Gasteiger partial charge in [0.05, 0.1) is 23.2 Å². The average molecular weight is 529 g/mol. The molecular weight excluding hydrogens is 500 g/mol. The van der Waals surface area contributed by atoms with E-state index in [9.17, 15) is 26.0 Å². The maximum Gasteiger partial charge on any atom is 0.274 e. The van der Waals surface area contributed by atoms with E-state index in [1.807, 2.05) is 6.07 Å². The van der Waals surface area contributed by atoms with Crippen LogP contribution in [0.4, 0.5) is 29.2 Å². The van der Waals surface area contributed by atoms with E-state index in [1.54, 1.807) is 23.2 Å². The maximum atomic E-state index is 14.8. The van der Waals surface area contributed by atoms with Crippen LogP contribution in [0, 0.1) is 5.41 Å². The Labute approximate surface area is 206 Å². The van der Waals surface area contributed by atoms with Crippen LogP contribution in [0.25, 0.3) is 10.9 Å². The van der Waals surface area contributed by atoms with Crippen molar-refractivity contribution in [3.05, 3.63) is 24.4 Å². The number of para-hydroxylation sites is 1. The Morgan fingerprint density at radius 1 is 1.11 bits per heavy atom. The number of benzene rings is 1. The fourth-order valence-electron chi connectivity index (χ4n) is 5.67. The predicted molar refractivity (Wildman–Crippen MR) is 127 cm³/mol. The van der Waals surface area contributed by atoms with Gasteiger partial charge in [-0.2, -0.15) is 0 Å². The molecule has 6 rings (SSSR count). The summed E-state index contributed by atoms with van der Waals surface area (Å²) in [5.41, 5.74) is 0.146. The fourth-order valence-corrected chi connectivity index (χ4v) is 7.72. The highest BCUT2D eigenvalue weighted by Gasteiger charge is 2.64. The number of aromatic nitrogens is 2. The van der Waals surface area contributed by atoms with E-state index in [0.717, 1.165) is 5.39 Å². The second-order valence-corrected chi connectivity index (χ2v) is 12.8. The van der Waals surface area contributed by atoms with Crippen molar-refractivity contribution in [2.24, 2.45) is 5.41 Å². The lowest BCUT2D eigenvalue weighted by Gasteiger charge is -2.42. The number of hydrogen-bond acceptors (Lipinski definition) is 7. The van der Waals surface area contributed by atoms with Crippen molar-refractivity contribution in [3.63, 3.8) is 0 Å². The lowest BCUT2D eigenvalue weighted by Crippen LogP contribution is -2.62. The minimum Gasteiger partial charge on any atom is -0.363 e. The summed E-state index contributed by atoms with van der Waals surface area (Å²) in [6.07, 6.45) is -0.394. The van der Waals surface area contributed by atoms with Crippen molar-refractivity contribution in [2.45, 2.75) is 48.8 Å². The molecule has 4 aliphatic rings. The minimum absolute atomic E-state index is 0.000968. The third-order valence-corrected chi connectivity index (χ3v) is 11.0. The zero-order chi connectivity index (χ0) is 25.3. The summed E-state index contributed by atoms with van der Waals surface area (Å²) in [6.45, 7) is 0.740. The molecule has 2 N–H and O–H groups in total. The van der Waals surface area contributed by atoms with Gasteiger partial charge < -0.3 is 15.5 Å². The second kappa shape index (κ2) is 8.12. The number of fused-ring (bicyclic) bond motifs is 1. The van der Waals surface area contributed by atoms with Gasteiger partial charge in [0.25, 0.3) is 12.3 Å².